The van der Waals surface area contributed by atoms with Crippen LogP contribution in [0.1, 0.15) is 37.8 Å². The van der Waals surface area contributed by atoms with Crippen molar-refractivity contribution in [1.82, 2.24) is 4.90 Å². The van der Waals surface area contributed by atoms with E-state index in [1.54, 1.807) is 0 Å². The average Bonchev–Trinajstić information content (AvgIpc) is 2.64. The van der Waals surface area contributed by atoms with Gasteiger partial charge < -0.3 is 10.2 Å². The first kappa shape index (κ1) is 13.9. The number of carbonyl (C=O) groups is 1. The third-order valence-electron chi connectivity index (χ3n) is 3.81. The molecule has 0 spiro atoms. The van der Waals surface area contributed by atoms with Gasteiger partial charge in [-0.2, -0.15) is 0 Å². The maximum absolute atomic E-state index is 11.6. The standard InChI is InChI=1S/C15H21NO3/c1-15(2,3)16(14(18)19)13-8-10-6-4-5-7-11(10)12(13)9-17/h4-7,12-13,17H,8-9H2,1-3H3,(H,18,19)/t12-,13+/m0/s1. The highest BCUT2D eigenvalue weighted by Crippen LogP contribution is 2.38. The van der Waals surface area contributed by atoms with E-state index in [-0.39, 0.29) is 18.6 Å². The van der Waals surface area contributed by atoms with Crippen molar-refractivity contribution in [2.45, 2.75) is 44.7 Å². The van der Waals surface area contributed by atoms with E-state index in [1.807, 2.05) is 45.0 Å². The van der Waals surface area contributed by atoms with E-state index in [9.17, 15) is 15.0 Å². The maximum Gasteiger partial charge on any atom is 0.408 e. The van der Waals surface area contributed by atoms with Crippen LogP contribution in [0.25, 0.3) is 0 Å². The Balaban J connectivity index is 2.39. The number of nitrogens with zero attached hydrogens (tertiary/aromatic N) is 1. The Kier molecular flexibility index (Phi) is 3.54. The molecule has 2 N–H and O–H groups in total. The van der Waals surface area contributed by atoms with Crippen molar-refractivity contribution in [3.63, 3.8) is 0 Å². The molecule has 1 aromatic carbocycles. The zero-order valence-corrected chi connectivity index (χ0v) is 11.6. The molecule has 0 aliphatic heterocycles. The topological polar surface area (TPSA) is 60.8 Å². The van der Waals surface area contributed by atoms with Gasteiger partial charge in [-0.05, 0) is 38.3 Å². The lowest BCUT2D eigenvalue weighted by Crippen LogP contribution is -2.53. The van der Waals surface area contributed by atoms with Crippen molar-refractivity contribution in [1.29, 1.82) is 0 Å². The van der Waals surface area contributed by atoms with E-state index in [0.717, 1.165) is 11.1 Å². The normalized spacial score (nSPS) is 22.1. The Bertz CT molecular complexity index is 479. The molecule has 2 atom stereocenters. The third kappa shape index (κ3) is 2.45. The minimum atomic E-state index is -0.927. The number of rotatable bonds is 2. The zero-order chi connectivity index (χ0) is 14.2. The number of hydrogen-bond donors (Lipinski definition) is 2. The van der Waals surface area contributed by atoms with Crippen molar-refractivity contribution in [2.24, 2.45) is 0 Å². The van der Waals surface area contributed by atoms with E-state index in [4.69, 9.17) is 0 Å². The van der Waals surface area contributed by atoms with Crippen molar-refractivity contribution in [2.75, 3.05) is 6.61 Å². The monoisotopic (exact) mass is 263 g/mol. The van der Waals surface area contributed by atoms with Crippen molar-refractivity contribution >= 4 is 6.09 Å². The molecule has 1 amide bonds. The van der Waals surface area contributed by atoms with Gasteiger partial charge >= 0.3 is 6.09 Å². The largest absolute Gasteiger partial charge is 0.465 e. The van der Waals surface area contributed by atoms with Crippen LogP contribution in [0.3, 0.4) is 0 Å². The summed E-state index contributed by atoms with van der Waals surface area (Å²) < 4.78 is 0. The SMILES string of the molecule is CC(C)(C)N(C(=O)O)[C@@H]1Cc2ccccc2[C@@H]1CO. The summed E-state index contributed by atoms with van der Waals surface area (Å²) in [6.45, 7) is 5.64. The Morgan fingerprint density at radius 2 is 2.00 bits per heavy atom. The lowest BCUT2D eigenvalue weighted by molar-refractivity contribution is 0.0562. The molecule has 0 fully saturated rings. The highest BCUT2D eigenvalue weighted by molar-refractivity contribution is 5.67. The molecule has 2 rings (SSSR count). The van der Waals surface area contributed by atoms with Crippen LogP contribution in [0.2, 0.25) is 0 Å². The number of aliphatic hydroxyl groups excluding tert-OH is 1. The summed E-state index contributed by atoms with van der Waals surface area (Å²) in [5, 5.41) is 19.2. The summed E-state index contributed by atoms with van der Waals surface area (Å²) in [6.07, 6.45) is -0.255. The van der Waals surface area contributed by atoms with Gasteiger partial charge in [0.25, 0.3) is 0 Å². The molecule has 0 radical (unpaired) electrons. The molecule has 1 aromatic rings. The predicted octanol–water partition coefficient (Wildman–Crippen LogP) is 2.47. The summed E-state index contributed by atoms with van der Waals surface area (Å²) in [5.41, 5.74) is 1.74. The Labute approximate surface area is 113 Å². The molecule has 1 aliphatic carbocycles. The second-order valence-corrected chi connectivity index (χ2v) is 6.08. The van der Waals surface area contributed by atoms with E-state index >= 15 is 0 Å². The number of amides is 1. The molecular formula is C15H21NO3. The highest BCUT2D eigenvalue weighted by atomic mass is 16.4. The van der Waals surface area contributed by atoms with Crippen LogP contribution in [0.15, 0.2) is 24.3 Å². The first-order chi connectivity index (χ1) is 8.86. The fraction of sp³-hybridized carbons (Fsp3) is 0.533. The van der Waals surface area contributed by atoms with Gasteiger partial charge in [-0.3, -0.25) is 4.90 Å². The first-order valence-electron chi connectivity index (χ1n) is 6.57. The molecule has 1 aliphatic rings. The Morgan fingerprint density at radius 3 is 2.53 bits per heavy atom. The summed E-state index contributed by atoms with van der Waals surface area (Å²) >= 11 is 0. The van der Waals surface area contributed by atoms with Crippen LogP contribution < -0.4 is 0 Å². The van der Waals surface area contributed by atoms with Gasteiger partial charge in [0, 0.05) is 17.5 Å². The van der Waals surface area contributed by atoms with Gasteiger partial charge in [-0.1, -0.05) is 24.3 Å². The van der Waals surface area contributed by atoms with E-state index in [1.165, 1.54) is 4.90 Å². The summed E-state index contributed by atoms with van der Waals surface area (Å²) in [7, 11) is 0. The predicted molar refractivity (Wildman–Crippen MR) is 73.4 cm³/mol. The molecule has 4 nitrogen and oxygen atoms in total. The Morgan fingerprint density at radius 1 is 1.37 bits per heavy atom. The van der Waals surface area contributed by atoms with Crippen LogP contribution in [0.4, 0.5) is 4.79 Å². The molecular weight excluding hydrogens is 242 g/mol. The molecule has 104 valence electrons. The van der Waals surface area contributed by atoms with Gasteiger partial charge in [-0.15, -0.1) is 0 Å². The zero-order valence-electron chi connectivity index (χ0n) is 11.6. The molecule has 4 heteroatoms. The van der Waals surface area contributed by atoms with Gasteiger partial charge in [0.1, 0.15) is 0 Å². The summed E-state index contributed by atoms with van der Waals surface area (Å²) in [6, 6.07) is 7.70. The Hall–Kier alpha value is -1.55. The molecule has 19 heavy (non-hydrogen) atoms. The highest BCUT2D eigenvalue weighted by Gasteiger charge is 2.42. The van der Waals surface area contributed by atoms with E-state index < -0.39 is 11.6 Å². The average molecular weight is 263 g/mol. The number of benzene rings is 1. The van der Waals surface area contributed by atoms with Crippen molar-refractivity contribution in [3.05, 3.63) is 35.4 Å². The second kappa shape index (κ2) is 4.85. The minimum Gasteiger partial charge on any atom is -0.465 e. The smallest absolute Gasteiger partial charge is 0.408 e. The second-order valence-electron chi connectivity index (χ2n) is 6.08. The molecule has 0 aromatic heterocycles. The van der Waals surface area contributed by atoms with Crippen LogP contribution >= 0.6 is 0 Å². The molecule has 0 bridgehead atoms. The summed E-state index contributed by atoms with van der Waals surface area (Å²) in [4.78, 5) is 13.1. The molecule has 0 unspecified atom stereocenters. The number of aliphatic hydroxyl groups is 1. The first-order valence-corrected chi connectivity index (χ1v) is 6.57. The number of hydrogen-bond acceptors (Lipinski definition) is 2. The lowest BCUT2D eigenvalue weighted by atomic mass is 9.94. The van der Waals surface area contributed by atoms with Crippen molar-refractivity contribution < 1.29 is 15.0 Å². The molecule has 0 heterocycles. The van der Waals surface area contributed by atoms with Gasteiger partial charge in [0.05, 0.1) is 6.61 Å². The number of carboxylic acid groups (broad SMARTS) is 1. The number of fused-ring (bicyclic) bond motifs is 1. The lowest BCUT2D eigenvalue weighted by Gasteiger charge is -2.40. The van der Waals surface area contributed by atoms with Gasteiger partial charge in [-0.25, -0.2) is 4.79 Å². The fourth-order valence-electron chi connectivity index (χ4n) is 3.07. The van der Waals surface area contributed by atoms with Gasteiger partial charge in [0.15, 0.2) is 0 Å². The maximum atomic E-state index is 11.6. The fourth-order valence-corrected chi connectivity index (χ4v) is 3.07. The van der Waals surface area contributed by atoms with Crippen LogP contribution in [0, 0.1) is 0 Å². The van der Waals surface area contributed by atoms with Crippen LogP contribution in [0.5, 0.6) is 0 Å². The van der Waals surface area contributed by atoms with Crippen LogP contribution in [-0.2, 0) is 6.42 Å². The van der Waals surface area contributed by atoms with E-state index in [2.05, 4.69) is 0 Å². The van der Waals surface area contributed by atoms with Crippen molar-refractivity contribution in [3.8, 4) is 0 Å². The van der Waals surface area contributed by atoms with Gasteiger partial charge in [0.2, 0.25) is 0 Å². The molecule has 0 saturated carbocycles. The summed E-state index contributed by atoms with van der Waals surface area (Å²) in [5.74, 6) is -0.133. The minimum absolute atomic E-state index is 0.0263. The third-order valence-corrected chi connectivity index (χ3v) is 3.81. The molecule has 0 saturated heterocycles. The van der Waals surface area contributed by atoms with Crippen LogP contribution in [-0.4, -0.2) is 39.4 Å². The quantitative estimate of drug-likeness (QED) is 0.861. The van der Waals surface area contributed by atoms with E-state index in [0.29, 0.717) is 6.42 Å².